The van der Waals surface area contributed by atoms with Crippen LogP contribution >= 0.6 is 0 Å². The molecule has 0 bridgehead atoms. The lowest BCUT2D eigenvalue weighted by Crippen LogP contribution is -2.36. The maximum absolute atomic E-state index is 12.9. The van der Waals surface area contributed by atoms with E-state index in [1.807, 2.05) is 0 Å². The zero-order valence-electron chi connectivity index (χ0n) is 10.4. The molecule has 0 unspecified atom stereocenters. The fourth-order valence-electron chi connectivity index (χ4n) is 1.38. The van der Waals surface area contributed by atoms with E-state index in [0.717, 1.165) is 6.07 Å². The first-order valence-electron chi connectivity index (χ1n) is 5.66. The second kappa shape index (κ2) is 6.68. The van der Waals surface area contributed by atoms with Crippen molar-refractivity contribution in [1.82, 2.24) is 9.88 Å². The Labute approximate surface area is 105 Å². The Morgan fingerprint density at radius 1 is 1.39 bits per heavy atom. The van der Waals surface area contributed by atoms with Crippen molar-refractivity contribution >= 4 is 11.9 Å². The molecule has 0 atom stereocenters. The second-order valence-electron chi connectivity index (χ2n) is 3.47. The van der Waals surface area contributed by atoms with Gasteiger partial charge in [-0.2, -0.15) is 4.39 Å². The molecule has 0 saturated carbocycles. The molecule has 1 amide bonds. The van der Waals surface area contributed by atoms with Crippen LogP contribution in [0.5, 0.6) is 0 Å². The zero-order valence-corrected chi connectivity index (χ0v) is 10.4. The van der Waals surface area contributed by atoms with Gasteiger partial charge in [-0.15, -0.1) is 0 Å². The summed E-state index contributed by atoms with van der Waals surface area (Å²) >= 11 is 0. The fourth-order valence-corrected chi connectivity index (χ4v) is 1.38. The van der Waals surface area contributed by atoms with Gasteiger partial charge in [0.25, 0.3) is 5.91 Å². The largest absolute Gasteiger partial charge is 0.465 e. The zero-order chi connectivity index (χ0) is 13.5. The van der Waals surface area contributed by atoms with Crippen molar-refractivity contribution in [3.63, 3.8) is 0 Å². The molecule has 0 aliphatic heterocycles. The third-order valence-electron chi connectivity index (χ3n) is 2.23. The van der Waals surface area contributed by atoms with E-state index in [0.29, 0.717) is 6.54 Å². The topological polar surface area (TPSA) is 59.5 Å². The number of esters is 1. The number of hydrogen-bond acceptors (Lipinski definition) is 4. The molecule has 18 heavy (non-hydrogen) atoms. The summed E-state index contributed by atoms with van der Waals surface area (Å²) < 4.78 is 17.7. The number of amides is 1. The van der Waals surface area contributed by atoms with E-state index in [4.69, 9.17) is 4.74 Å². The third kappa shape index (κ3) is 3.80. The predicted octanol–water partition coefficient (Wildman–Crippen LogP) is 1.25. The van der Waals surface area contributed by atoms with E-state index in [-0.39, 0.29) is 18.8 Å². The SMILES string of the molecule is CCOC(=O)CN(CC)C(=O)c1cccc(F)n1. The fraction of sp³-hybridized carbons (Fsp3) is 0.417. The van der Waals surface area contributed by atoms with Crippen molar-refractivity contribution < 1.29 is 18.7 Å². The molecule has 98 valence electrons. The van der Waals surface area contributed by atoms with Crippen molar-refractivity contribution in [3.8, 4) is 0 Å². The average Bonchev–Trinajstić information content (AvgIpc) is 2.35. The lowest BCUT2D eigenvalue weighted by atomic mass is 10.3. The van der Waals surface area contributed by atoms with Crippen molar-refractivity contribution in [2.45, 2.75) is 13.8 Å². The van der Waals surface area contributed by atoms with Gasteiger partial charge >= 0.3 is 5.97 Å². The van der Waals surface area contributed by atoms with Gasteiger partial charge in [-0.1, -0.05) is 6.07 Å². The summed E-state index contributed by atoms with van der Waals surface area (Å²) in [6.45, 7) is 3.81. The molecule has 1 aromatic rings. The summed E-state index contributed by atoms with van der Waals surface area (Å²) in [7, 11) is 0. The molecular weight excluding hydrogens is 239 g/mol. The van der Waals surface area contributed by atoms with Crippen molar-refractivity contribution in [2.75, 3.05) is 19.7 Å². The number of carbonyl (C=O) groups is 2. The molecule has 0 radical (unpaired) electrons. The maximum atomic E-state index is 12.9. The summed E-state index contributed by atoms with van der Waals surface area (Å²) in [6, 6.07) is 3.95. The van der Waals surface area contributed by atoms with E-state index < -0.39 is 17.8 Å². The molecule has 0 aromatic carbocycles. The van der Waals surface area contributed by atoms with Crippen LogP contribution < -0.4 is 0 Å². The molecule has 0 aliphatic rings. The summed E-state index contributed by atoms with van der Waals surface area (Å²) in [4.78, 5) is 28.0. The maximum Gasteiger partial charge on any atom is 0.325 e. The van der Waals surface area contributed by atoms with E-state index in [2.05, 4.69) is 4.98 Å². The van der Waals surface area contributed by atoms with Crippen LogP contribution in [0.15, 0.2) is 18.2 Å². The van der Waals surface area contributed by atoms with Gasteiger partial charge in [0.15, 0.2) is 0 Å². The molecule has 0 N–H and O–H groups in total. The van der Waals surface area contributed by atoms with Gasteiger partial charge in [0.2, 0.25) is 5.95 Å². The summed E-state index contributed by atoms with van der Waals surface area (Å²) in [5, 5.41) is 0. The molecule has 0 fully saturated rings. The number of likely N-dealkylation sites (N-methyl/N-ethyl adjacent to an activating group) is 1. The number of halogens is 1. The van der Waals surface area contributed by atoms with Gasteiger partial charge < -0.3 is 9.64 Å². The Bertz CT molecular complexity index is 437. The highest BCUT2D eigenvalue weighted by Crippen LogP contribution is 2.03. The number of hydrogen-bond donors (Lipinski definition) is 0. The summed E-state index contributed by atoms with van der Waals surface area (Å²) in [6.07, 6.45) is 0. The van der Waals surface area contributed by atoms with Crippen molar-refractivity contribution in [3.05, 3.63) is 29.8 Å². The minimum Gasteiger partial charge on any atom is -0.465 e. The predicted molar refractivity (Wildman–Crippen MR) is 62.4 cm³/mol. The molecule has 1 heterocycles. The van der Waals surface area contributed by atoms with E-state index >= 15 is 0 Å². The van der Waals surface area contributed by atoms with Gasteiger partial charge in [-0.25, -0.2) is 4.98 Å². The van der Waals surface area contributed by atoms with Crippen LogP contribution in [0, 0.1) is 5.95 Å². The Kier molecular flexibility index (Phi) is 5.23. The van der Waals surface area contributed by atoms with Gasteiger partial charge in [0, 0.05) is 6.54 Å². The number of pyridine rings is 1. The molecule has 0 spiro atoms. The first-order valence-corrected chi connectivity index (χ1v) is 5.66. The van der Waals surface area contributed by atoms with Crippen LogP contribution in [-0.4, -0.2) is 41.5 Å². The summed E-state index contributed by atoms with van der Waals surface area (Å²) in [5.74, 6) is -1.72. The van der Waals surface area contributed by atoms with Crippen molar-refractivity contribution in [1.29, 1.82) is 0 Å². The molecule has 0 aliphatic carbocycles. The van der Waals surface area contributed by atoms with E-state index in [9.17, 15) is 14.0 Å². The molecular formula is C12H15FN2O3. The van der Waals surface area contributed by atoms with Gasteiger partial charge in [0.05, 0.1) is 6.61 Å². The number of rotatable bonds is 5. The first kappa shape index (κ1) is 14.1. The van der Waals surface area contributed by atoms with Gasteiger partial charge in [0.1, 0.15) is 12.2 Å². The molecule has 1 aromatic heterocycles. The van der Waals surface area contributed by atoms with Gasteiger partial charge in [-0.3, -0.25) is 9.59 Å². The number of ether oxygens (including phenoxy) is 1. The number of aromatic nitrogens is 1. The average molecular weight is 254 g/mol. The molecule has 6 heteroatoms. The van der Waals surface area contributed by atoms with Crippen LogP contribution in [0.2, 0.25) is 0 Å². The van der Waals surface area contributed by atoms with Crippen LogP contribution in [0.4, 0.5) is 4.39 Å². The normalized spacial score (nSPS) is 9.94. The quantitative estimate of drug-likeness (QED) is 0.586. The molecule has 5 nitrogen and oxygen atoms in total. The Balaban J connectivity index is 2.76. The van der Waals surface area contributed by atoms with Crippen molar-refractivity contribution in [2.24, 2.45) is 0 Å². The third-order valence-corrected chi connectivity index (χ3v) is 2.23. The number of nitrogens with zero attached hydrogens (tertiary/aromatic N) is 2. The Hall–Kier alpha value is -1.98. The minimum absolute atomic E-state index is 0.0267. The minimum atomic E-state index is -0.729. The highest BCUT2D eigenvalue weighted by Gasteiger charge is 2.19. The lowest BCUT2D eigenvalue weighted by Gasteiger charge is -2.19. The van der Waals surface area contributed by atoms with E-state index in [1.165, 1.54) is 17.0 Å². The van der Waals surface area contributed by atoms with E-state index in [1.54, 1.807) is 13.8 Å². The monoisotopic (exact) mass is 254 g/mol. The highest BCUT2D eigenvalue weighted by molar-refractivity contribution is 5.94. The first-order chi connectivity index (χ1) is 8.58. The van der Waals surface area contributed by atoms with Crippen LogP contribution in [0.3, 0.4) is 0 Å². The lowest BCUT2D eigenvalue weighted by molar-refractivity contribution is -0.143. The standard InChI is InChI=1S/C12H15FN2O3/c1-3-15(8-11(16)18-4-2)12(17)9-6-5-7-10(13)14-9/h5-7H,3-4,8H2,1-2H3. The molecule has 0 saturated heterocycles. The highest BCUT2D eigenvalue weighted by atomic mass is 19.1. The van der Waals surface area contributed by atoms with Crippen LogP contribution in [-0.2, 0) is 9.53 Å². The van der Waals surface area contributed by atoms with Gasteiger partial charge in [-0.05, 0) is 26.0 Å². The number of carbonyl (C=O) groups excluding carboxylic acids is 2. The smallest absolute Gasteiger partial charge is 0.325 e. The van der Waals surface area contributed by atoms with Crippen LogP contribution in [0.25, 0.3) is 0 Å². The molecule has 1 rings (SSSR count). The van der Waals surface area contributed by atoms with Crippen LogP contribution in [0.1, 0.15) is 24.3 Å². The Morgan fingerprint density at radius 3 is 2.67 bits per heavy atom. The Morgan fingerprint density at radius 2 is 2.11 bits per heavy atom. The second-order valence-corrected chi connectivity index (χ2v) is 3.47. The summed E-state index contributed by atoms with van der Waals surface area (Å²) in [5.41, 5.74) is -0.0267.